The molecule has 0 aliphatic rings. The van der Waals surface area contributed by atoms with Crippen LogP contribution in [0.4, 0.5) is 0 Å². The van der Waals surface area contributed by atoms with Gasteiger partial charge in [0.05, 0.1) is 84.7 Å². The Morgan fingerprint density at radius 2 is 0.387 bits per heavy atom. The van der Waals surface area contributed by atoms with E-state index < -0.39 is 0 Å². The van der Waals surface area contributed by atoms with Crippen molar-refractivity contribution >= 4 is 97.7 Å². The maximum Gasteiger partial charge on any atom is 0.0788 e. The Balaban J connectivity index is 0.000000112. The first-order chi connectivity index (χ1) is 51.8. The van der Waals surface area contributed by atoms with E-state index in [2.05, 4.69) is 276 Å². The van der Waals surface area contributed by atoms with Gasteiger partial charge in [-0.1, -0.05) is 239 Å². The number of rotatable bonds is 9. The topological polar surface area (TPSA) is 116 Å². The number of pyridine rings is 3. The fraction of sp³-hybridized carbons (Fsp3) is 0.0312. The predicted molar refractivity (Wildman–Crippen MR) is 430 cm³/mol. The van der Waals surface area contributed by atoms with E-state index in [1.807, 2.05) is 72.8 Å². The summed E-state index contributed by atoms with van der Waals surface area (Å²) >= 11 is 0. The van der Waals surface area contributed by atoms with Crippen molar-refractivity contribution in [2.75, 3.05) is 0 Å². The number of benzene rings is 15. The van der Waals surface area contributed by atoms with Crippen molar-refractivity contribution in [3.8, 4) is 102 Å². The number of aromatic nitrogens is 9. The Kier molecular flexibility index (Phi) is 16.6. The Morgan fingerprint density at radius 1 is 0.198 bits per heavy atom. The van der Waals surface area contributed by atoms with Gasteiger partial charge in [-0.15, -0.1) is 106 Å². The van der Waals surface area contributed by atoms with Crippen molar-refractivity contribution in [1.29, 1.82) is 0 Å². The van der Waals surface area contributed by atoms with E-state index in [9.17, 15) is 0 Å². The van der Waals surface area contributed by atoms with Crippen LogP contribution in [0.25, 0.3) is 199 Å². The molecule has 15 aromatic carbocycles. The van der Waals surface area contributed by atoms with Crippen LogP contribution < -0.4 is 0 Å². The molecule has 21 aromatic rings. The summed E-state index contributed by atoms with van der Waals surface area (Å²) in [7, 11) is 0. The Morgan fingerprint density at radius 3 is 0.566 bits per heavy atom. The van der Waals surface area contributed by atoms with Gasteiger partial charge in [-0.3, -0.25) is 29.9 Å². The van der Waals surface area contributed by atoms with Gasteiger partial charge in [0.1, 0.15) is 0 Å². The van der Waals surface area contributed by atoms with Gasteiger partial charge in [-0.25, -0.2) is 15.0 Å². The van der Waals surface area contributed by atoms with Gasteiger partial charge in [-0.2, -0.15) is 0 Å². The van der Waals surface area contributed by atoms with Crippen LogP contribution >= 0.6 is 0 Å². The summed E-state index contributed by atoms with van der Waals surface area (Å²) in [5, 5.41) is 13.4. The molecule has 0 saturated carbocycles. The molecule has 9 nitrogen and oxygen atoms in total. The molecule has 106 heavy (non-hydrogen) atoms. The van der Waals surface area contributed by atoms with E-state index >= 15 is 0 Å². The fourth-order valence-corrected chi connectivity index (χ4v) is 15.0. The minimum atomic E-state index is 0. The van der Waals surface area contributed by atoms with E-state index in [0.717, 1.165) is 182 Å². The molecule has 10 heteroatoms. The molecule has 0 fully saturated rings. The minimum absolute atomic E-state index is 0. The largest absolute Gasteiger partial charge is 0.277 e. The molecule has 21 rings (SSSR count). The van der Waals surface area contributed by atoms with Crippen molar-refractivity contribution in [2.45, 2.75) is 20.8 Å². The molecular weight excluding hydrogens is 1470 g/mol. The van der Waals surface area contributed by atoms with E-state index in [4.69, 9.17) is 44.9 Å². The molecular formula is C96H60IrN9-3. The number of hydrogen-bond donors (Lipinski definition) is 0. The monoisotopic (exact) mass is 1530 g/mol. The smallest absolute Gasteiger partial charge is 0.0788 e. The summed E-state index contributed by atoms with van der Waals surface area (Å²) in [4.78, 5) is 45.6. The normalized spacial score (nSPS) is 11.5. The second-order valence-corrected chi connectivity index (χ2v) is 26.6. The van der Waals surface area contributed by atoms with Gasteiger partial charge in [0, 0.05) is 118 Å². The van der Waals surface area contributed by atoms with Gasteiger partial charge in [-0.05, 0) is 36.4 Å². The molecule has 0 bridgehead atoms. The second-order valence-electron chi connectivity index (χ2n) is 26.6. The van der Waals surface area contributed by atoms with E-state index in [1.165, 1.54) is 16.7 Å². The van der Waals surface area contributed by atoms with Gasteiger partial charge < -0.3 is 0 Å². The number of nitrogens with zero attached hydrogens (tertiary/aromatic N) is 9. The van der Waals surface area contributed by atoms with E-state index in [1.54, 1.807) is 0 Å². The third kappa shape index (κ3) is 11.6. The van der Waals surface area contributed by atoms with Crippen molar-refractivity contribution in [3.05, 3.63) is 344 Å². The first-order valence-corrected chi connectivity index (χ1v) is 35.2. The van der Waals surface area contributed by atoms with Gasteiger partial charge >= 0.3 is 0 Å². The quantitative estimate of drug-likeness (QED) is 0.103. The van der Waals surface area contributed by atoms with Gasteiger partial charge in [0.15, 0.2) is 0 Å². The van der Waals surface area contributed by atoms with Crippen LogP contribution in [0.5, 0.6) is 0 Å². The maximum absolute atomic E-state index is 5.23. The van der Waals surface area contributed by atoms with Gasteiger partial charge in [0.25, 0.3) is 0 Å². The van der Waals surface area contributed by atoms with Crippen LogP contribution in [0, 0.1) is 39.0 Å². The zero-order chi connectivity index (χ0) is 70.1. The second kappa shape index (κ2) is 27.2. The molecule has 0 aliphatic carbocycles. The fourth-order valence-electron chi connectivity index (χ4n) is 15.0. The van der Waals surface area contributed by atoms with Crippen LogP contribution in [-0.2, 0) is 20.1 Å². The average Bonchev–Trinajstić information content (AvgIpc) is 0.732. The zero-order valence-electron chi connectivity index (χ0n) is 57.8. The Hall–Kier alpha value is -13.2. The van der Waals surface area contributed by atoms with Crippen molar-refractivity contribution < 1.29 is 20.1 Å². The third-order valence-corrected chi connectivity index (χ3v) is 19.8. The summed E-state index contributed by atoms with van der Waals surface area (Å²) in [6.45, 7) is 6.22. The van der Waals surface area contributed by atoms with Crippen LogP contribution in [0.15, 0.2) is 309 Å². The van der Waals surface area contributed by atoms with E-state index in [-0.39, 0.29) is 20.1 Å². The summed E-state index contributed by atoms with van der Waals surface area (Å²) in [5.74, 6) is 2.10. The molecule has 0 N–H and O–H groups in total. The average molecular weight is 1530 g/mol. The molecule has 6 heterocycles. The Bertz CT molecular complexity index is 5870. The number of hydrogen-bond acceptors (Lipinski definition) is 9. The molecule has 0 spiro atoms. The van der Waals surface area contributed by atoms with Crippen LogP contribution in [-0.4, -0.2) is 44.9 Å². The third-order valence-electron chi connectivity index (χ3n) is 19.8. The molecule has 0 aliphatic heterocycles. The van der Waals surface area contributed by atoms with Gasteiger partial charge in [0.2, 0.25) is 0 Å². The standard InChI is InChI=1S/3C32H20N3.Ir/c3*1-20-9-8-14-23(19-20)32-33-26-17-15-24-28-25(16-18-27(34-32)29(26)28)31(22-12-6-3-7-13-22)35-30(24)21-10-4-2-5-11-21;/h3*2-13,15-19H,1H3;/q3*-1;. The van der Waals surface area contributed by atoms with Crippen LogP contribution in [0.2, 0.25) is 0 Å². The SMILES string of the molecule is Cc1cc[c-]c(-c2nc3ccc4c(-c5ccccc5)nc(-c5ccccc5)c5ccc(n2)c3c45)c1.Cc1cc[c-]c(-c2nc3ccc4c(-c5ccccc5)nc(-c5ccccc5)c5ccc(n2)c3c45)c1.Cc1cc[c-]c(-c2nc3ccc4c(-c5ccccc5)nc(-c5ccccc5)c5ccc(n2)c3c45)c1.[Ir]. The minimum Gasteiger partial charge on any atom is -0.277 e. The Labute approximate surface area is 625 Å². The molecule has 0 atom stereocenters. The van der Waals surface area contributed by atoms with Crippen molar-refractivity contribution in [1.82, 2.24) is 44.9 Å². The zero-order valence-corrected chi connectivity index (χ0v) is 60.2. The predicted octanol–water partition coefficient (Wildman–Crippen LogP) is 23.6. The summed E-state index contributed by atoms with van der Waals surface area (Å²) in [5.41, 5.74) is 24.2. The maximum atomic E-state index is 5.23. The summed E-state index contributed by atoms with van der Waals surface area (Å²) in [6, 6.07) is 116. The first kappa shape index (κ1) is 64.8. The van der Waals surface area contributed by atoms with Crippen molar-refractivity contribution in [3.63, 3.8) is 0 Å². The molecule has 0 unspecified atom stereocenters. The molecule has 1 radical (unpaired) electrons. The van der Waals surface area contributed by atoms with Crippen molar-refractivity contribution in [2.24, 2.45) is 0 Å². The molecule has 0 amide bonds. The van der Waals surface area contributed by atoms with Crippen LogP contribution in [0.1, 0.15) is 16.7 Å². The van der Waals surface area contributed by atoms with Crippen LogP contribution in [0.3, 0.4) is 0 Å². The van der Waals surface area contributed by atoms with E-state index in [0.29, 0.717) is 17.5 Å². The molecule has 501 valence electrons. The molecule has 6 aromatic heterocycles. The summed E-state index contributed by atoms with van der Waals surface area (Å²) in [6.07, 6.45) is 0. The number of aryl methyl sites for hydroxylation is 3. The first-order valence-electron chi connectivity index (χ1n) is 35.2. The summed E-state index contributed by atoms with van der Waals surface area (Å²) < 4.78 is 0. The molecule has 0 saturated heterocycles.